The fourth-order valence-electron chi connectivity index (χ4n) is 13.8. The Balaban J connectivity index is 1.22. The molecule has 2 aliphatic heterocycles. The van der Waals surface area contributed by atoms with E-state index in [-0.39, 0.29) is 0 Å². The van der Waals surface area contributed by atoms with E-state index < -0.39 is 0 Å². The van der Waals surface area contributed by atoms with Crippen molar-refractivity contribution in [1.82, 2.24) is 19.9 Å². The lowest BCUT2D eigenvalue weighted by molar-refractivity contribution is 1.39. The Kier molecular flexibility index (Phi) is 11.5. The van der Waals surface area contributed by atoms with Crippen LogP contribution in [0.1, 0.15) is 22.3 Å². The summed E-state index contributed by atoms with van der Waals surface area (Å²) in [7, 11) is 0. The zero-order valence-electron chi connectivity index (χ0n) is 48.1. The molecule has 17 rings (SSSR count). The minimum atomic E-state index is 0.857. The zero-order chi connectivity index (χ0) is 58.7. The lowest BCUT2D eigenvalue weighted by Crippen LogP contribution is -1.88. The summed E-state index contributed by atoms with van der Waals surface area (Å²) in [5, 5.41) is 13.3. The maximum atomic E-state index is 6.23. The highest BCUT2D eigenvalue weighted by atomic mass is 14.8. The molecule has 2 N–H and O–H groups in total. The van der Waals surface area contributed by atoms with Crippen LogP contribution in [0.3, 0.4) is 0 Å². The van der Waals surface area contributed by atoms with Gasteiger partial charge in [-0.2, -0.15) is 0 Å². The van der Waals surface area contributed by atoms with Crippen molar-refractivity contribution < 1.29 is 0 Å². The van der Waals surface area contributed by atoms with Crippen LogP contribution in [0.2, 0.25) is 0 Å². The van der Waals surface area contributed by atoms with Gasteiger partial charge in [0.25, 0.3) is 0 Å². The number of hydrogen-bond donors (Lipinski definition) is 2. The Hall–Kier alpha value is -11.7. The van der Waals surface area contributed by atoms with Crippen molar-refractivity contribution in [2.75, 3.05) is 0 Å². The fraction of sp³-hybridized carbons (Fsp3) is 0. The van der Waals surface area contributed by atoms with Crippen molar-refractivity contribution in [3.63, 3.8) is 0 Å². The smallest absolute Gasteiger partial charge is 0.0816 e. The van der Waals surface area contributed by atoms with Gasteiger partial charge in [-0.1, -0.05) is 245 Å². The first-order chi connectivity index (χ1) is 43.4. The van der Waals surface area contributed by atoms with E-state index in [1.54, 1.807) is 0 Å². The van der Waals surface area contributed by atoms with Crippen LogP contribution in [0.4, 0.5) is 0 Å². The van der Waals surface area contributed by atoms with Gasteiger partial charge in [0, 0.05) is 66.1 Å². The lowest BCUT2D eigenvalue weighted by atomic mass is 9.91. The van der Waals surface area contributed by atoms with E-state index in [1.165, 1.54) is 0 Å². The van der Waals surface area contributed by atoms with Crippen LogP contribution in [0.5, 0.6) is 0 Å². The molecule has 3 aliphatic rings. The quantitative estimate of drug-likeness (QED) is 0.159. The summed E-state index contributed by atoms with van der Waals surface area (Å²) < 4.78 is 0. The van der Waals surface area contributed by atoms with Gasteiger partial charge in [-0.15, -0.1) is 0 Å². The summed E-state index contributed by atoms with van der Waals surface area (Å²) in [5.74, 6) is 0. The van der Waals surface area contributed by atoms with Gasteiger partial charge in [-0.3, -0.25) is 0 Å². The Bertz CT molecular complexity index is 5020. The minimum Gasteiger partial charge on any atom is -0.353 e. The van der Waals surface area contributed by atoms with Gasteiger partial charge in [0.05, 0.1) is 44.8 Å². The molecule has 1 aliphatic carbocycles. The van der Waals surface area contributed by atoms with E-state index >= 15 is 0 Å². The number of aromatic nitrogens is 4. The summed E-state index contributed by atoms with van der Waals surface area (Å²) in [4.78, 5) is 21.1. The third kappa shape index (κ3) is 7.93. The molecular formula is C84H54N4. The second kappa shape index (κ2) is 20.0. The van der Waals surface area contributed by atoms with Crippen molar-refractivity contribution >= 4 is 111 Å². The number of H-pyrrole nitrogens is 2. The zero-order valence-corrected chi connectivity index (χ0v) is 48.1. The van der Waals surface area contributed by atoms with Gasteiger partial charge in [0.15, 0.2) is 0 Å². The first-order valence-corrected chi connectivity index (χ1v) is 29.9. The number of nitrogens with zero attached hydrogens (tertiary/aromatic N) is 2. The van der Waals surface area contributed by atoms with E-state index in [4.69, 9.17) is 9.97 Å². The van der Waals surface area contributed by atoms with E-state index in [2.05, 4.69) is 279 Å². The third-order valence-electron chi connectivity index (χ3n) is 18.3. The molecule has 2 aromatic heterocycles. The average molecular weight is 1120 g/mol. The van der Waals surface area contributed by atoms with Gasteiger partial charge in [-0.05, 0) is 136 Å². The summed E-state index contributed by atoms with van der Waals surface area (Å²) >= 11 is 0. The summed E-state index contributed by atoms with van der Waals surface area (Å²) in [6.07, 6.45) is 7.63. The maximum absolute atomic E-state index is 6.23. The van der Waals surface area contributed by atoms with Gasteiger partial charge >= 0.3 is 0 Å². The van der Waals surface area contributed by atoms with Crippen molar-refractivity contribution in [3.05, 3.63) is 291 Å². The summed E-state index contributed by atoms with van der Waals surface area (Å²) in [5.41, 5.74) is 23.4. The molecule has 410 valence electrons. The molecular weight excluding hydrogens is 1060 g/mol. The van der Waals surface area contributed by atoms with Crippen LogP contribution in [0.25, 0.3) is 201 Å². The Labute approximate surface area is 508 Å². The Morgan fingerprint density at radius 2 is 0.432 bits per heavy atom. The van der Waals surface area contributed by atoms with Gasteiger partial charge in [0.1, 0.15) is 0 Å². The second-order valence-electron chi connectivity index (χ2n) is 23.2. The van der Waals surface area contributed by atoms with Gasteiger partial charge in [0.2, 0.25) is 0 Å². The first kappa shape index (κ1) is 50.8. The number of aromatic amines is 2. The van der Waals surface area contributed by atoms with E-state index in [9.17, 15) is 0 Å². The lowest BCUT2D eigenvalue weighted by Gasteiger charge is -2.11. The van der Waals surface area contributed by atoms with Gasteiger partial charge < -0.3 is 9.97 Å². The molecule has 4 heteroatoms. The molecule has 12 aromatic carbocycles. The molecule has 0 unspecified atom stereocenters. The van der Waals surface area contributed by atoms with Crippen LogP contribution >= 0.6 is 0 Å². The monoisotopic (exact) mass is 1120 g/mol. The molecule has 0 atom stereocenters. The predicted molar refractivity (Wildman–Crippen MR) is 377 cm³/mol. The molecule has 0 radical (unpaired) electrons. The number of fused-ring (bicyclic) bond motifs is 4. The van der Waals surface area contributed by atoms with Crippen LogP contribution in [-0.4, -0.2) is 19.9 Å². The van der Waals surface area contributed by atoms with Crippen molar-refractivity contribution in [1.29, 1.82) is 0 Å². The normalized spacial score (nSPS) is 11.8. The summed E-state index contributed by atoms with van der Waals surface area (Å²) in [6, 6.07) is 88.9. The van der Waals surface area contributed by atoms with Gasteiger partial charge in [-0.25, -0.2) is 9.97 Å². The van der Waals surface area contributed by atoms with Crippen molar-refractivity contribution in [3.8, 4) is 89.5 Å². The minimum absolute atomic E-state index is 0.857. The highest BCUT2D eigenvalue weighted by Gasteiger charge is 2.31. The average Bonchev–Trinajstić information content (AvgIpc) is 1.70. The van der Waals surface area contributed by atoms with Crippen LogP contribution < -0.4 is 0 Å². The molecule has 0 saturated heterocycles. The molecule has 14 aromatic rings. The van der Waals surface area contributed by atoms with E-state index in [0.717, 1.165) is 198 Å². The molecule has 88 heavy (non-hydrogen) atoms. The van der Waals surface area contributed by atoms with Crippen molar-refractivity contribution in [2.24, 2.45) is 0 Å². The predicted octanol–water partition coefficient (Wildman–Crippen LogP) is 23.1. The number of rotatable bonds is 8. The largest absolute Gasteiger partial charge is 0.353 e. The molecule has 4 heterocycles. The van der Waals surface area contributed by atoms with E-state index in [0.29, 0.717) is 0 Å². The van der Waals surface area contributed by atoms with Crippen LogP contribution in [0.15, 0.2) is 269 Å². The standard InChI is InChI=1S/C84H54N4/c1-5-49-25-33-53(34-26-49)73-77-65-41-57-17-9-11-19-59(57)43-67(65)79(85-77)74(54-35-27-50(6-2)28-36-54)81-69-45-61-21-13-15-23-63(61)47-71(69)83(87-81)76(56-39-31-52(8-4)32-40-56)84-72-48-64-24-16-14-22-62(64)46-70(72)82(88-84)75(55-37-29-51(7-3)30-38-55)80-68-44-60-20-12-10-18-58(60)42-66(68)78(73)86-80/h5-48,85,88H,1-4H2. The van der Waals surface area contributed by atoms with Crippen molar-refractivity contribution in [2.45, 2.75) is 0 Å². The second-order valence-corrected chi connectivity index (χ2v) is 23.2. The molecule has 0 saturated carbocycles. The first-order valence-electron chi connectivity index (χ1n) is 29.9. The highest BCUT2D eigenvalue weighted by Crippen LogP contribution is 2.54. The number of hydrogen-bond acceptors (Lipinski definition) is 2. The molecule has 0 spiro atoms. The van der Waals surface area contributed by atoms with Crippen LogP contribution in [-0.2, 0) is 0 Å². The Morgan fingerprint density at radius 1 is 0.239 bits per heavy atom. The fourth-order valence-corrected chi connectivity index (χ4v) is 13.8. The highest BCUT2D eigenvalue weighted by molar-refractivity contribution is 6.25. The van der Waals surface area contributed by atoms with E-state index in [1.807, 2.05) is 24.3 Å². The Morgan fingerprint density at radius 3 is 0.625 bits per heavy atom. The molecule has 0 amide bonds. The topological polar surface area (TPSA) is 57.4 Å². The maximum Gasteiger partial charge on any atom is 0.0816 e. The number of benzene rings is 12. The summed E-state index contributed by atoms with van der Waals surface area (Å²) in [6.45, 7) is 16.8. The molecule has 4 nitrogen and oxygen atoms in total. The molecule has 0 fully saturated rings. The number of nitrogens with one attached hydrogen (secondary N) is 2. The SMILES string of the molecule is C=Cc1ccc(-c2c3nc(c(-c4ccc(C=C)cc4)c4[nH]c(c(-c5ccc(C=C)cc5)c5nc(c(-c6ccc(C=C)cc6)c6[nH]c2c2cc7ccccc7cc62)-c2cc6ccccc6cc2-5)c2cc5ccccc5cc42)-c2cc4ccccc4cc2-3)cc1. The third-order valence-corrected chi connectivity index (χ3v) is 18.3. The molecule has 8 bridgehead atoms. The van der Waals surface area contributed by atoms with Crippen LogP contribution in [0, 0.1) is 0 Å².